The molecule has 10 heteroatoms. The highest BCUT2D eigenvalue weighted by molar-refractivity contribution is 7.98. The van der Waals surface area contributed by atoms with Crippen LogP contribution in [0.3, 0.4) is 0 Å². The molecule has 0 aromatic heterocycles. The van der Waals surface area contributed by atoms with Crippen LogP contribution in [0.5, 0.6) is 5.75 Å². The monoisotopic (exact) mass is 528 g/mol. The lowest BCUT2D eigenvalue weighted by atomic mass is 10.1. The number of ether oxygens (including phenoxy) is 1. The highest BCUT2D eigenvalue weighted by atomic mass is 35.5. The topological polar surface area (TPSA) is 75.7 Å². The quantitative estimate of drug-likeness (QED) is 0.430. The third-order valence-electron chi connectivity index (χ3n) is 5.70. The summed E-state index contributed by atoms with van der Waals surface area (Å²) in [5.74, 6) is 1.13. The van der Waals surface area contributed by atoms with Crippen molar-refractivity contribution >= 4 is 39.3 Å². The Bertz CT molecular complexity index is 1070. The number of hydrogen-bond acceptors (Lipinski definition) is 5. The van der Waals surface area contributed by atoms with E-state index < -0.39 is 10.0 Å². The molecule has 2 aromatic carbocycles. The molecule has 1 saturated heterocycles. The number of piperidine rings is 1. The molecule has 0 unspecified atom stereocenters. The fraction of sp³-hybridized carbons (Fsp3) is 0.458. The smallest absolute Gasteiger partial charge is 0.243 e. The summed E-state index contributed by atoms with van der Waals surface area (Å²) in [4.78, 5) is 12.5. The van der Waals surface area contributed by atoms with Gasteiger partial charge in [0.1, 0.15) is 11.6 Å². The van der Waals surface area contributed by atoms with Crippen LogP contribution in [-0.2, 0) is 27.0 Å². The van der Waals surface area contributed by atoms with Crippen LogP contribution in [-0.4, -0.2) is 51.1 Å². The number of thioether (sulfide) groups is 1. The standard InChI is InChI=1S/C24H30ClFN2O4S2/c1-32-23-10-9-19(34(30,31)28-13-3-2-4-14-28)16-18(23)8-11-24(29)27-12-15-33-17-20-21(25)6-5-7-22(20)26/h5-7,9-10,16H,2-4,8,11-15,17H2,1H3,(H,27,29). The second-order valence-electron chi connectivity index (χ2n) is 8.04. The Morgan fingerprint density at radius 2 is 1.97 bits per heavy atom. The summed E-state index contributed by atoms with van der Waals surface area (Å²) in [6.07, 6.45) is 3.34. The van der Waals surface area contributed by atoms with Gasteiger partial charge in [-0.25, -0.2) is 12.8 Å². The Balaban J connectivity index is 1.50. The van der Waals surface area contributed by atoms with E-state index in [4.69, 9.17) is 16.3 Å². The fourth-order valence-corrected chi connectivity index (χ4v) is 6.57. The second kappa shape index (κ2) is 12.8. The number of halogens is 2. The van der Waals surface area contributed by atoms with E-state index >= 15 is 0 Å². The maximum atomic E-state index is 13.8. The Kier molecular flexibility index (Phi) is 10.1. The van der Waals surface area contributed by atoms with Crippen molar-refractivity contribution in [2.45, 2.75) is 42.8 Å². The summed E-state index contributed by atoms with van der Waals surface area (Å²) in [5, 5.41) is 3.25. The molecule has 2 aromatic rings. The van der Waals surface area contributed by atoms with Crippen molar-refractivity contribution in [2.24, 2.45) is 0 Å². The predicted molar refractivity (Wildman–Crippen MR) is 135 cm³/mol. The van der Waals surface area contributed by atoms with Crippen LogP contribution >= 0.6 is 23.4 Å². The molecule has 1 heterocycles. The molecule has 1 aliphatic rings. The number of amides is 1. The number of carbonyl (C=O) groups is 1. The predicted octanol–water partition coefficient (Wildman–Crippen LogP) is 4.64. The lowest BCUT2D eigenvalue weighted by Crippen LogP contribution is -2.35. The molecule has 1 N–H and O–H groups in total. The maximum Gasteiger partial charge on any atom is 0.243 e. The van der Waals surface area contributed by atoms with Crippen LogP contribution in [0.4, 0.5) is 4.39 Å². The van der Waals surface area contributed by atoms with Crippen LogP contribution in [0.2, 0.25) is 5.02 Å². The van der Waals surface area contributed by atoms with Crippen molar-refractivity contribution in [1.82, 2.24) is 9.62 Å². The average Bonchev–Trinajstić information content (AvgIpc) is 2.84. The zero-order valence-corrected chi connectivity index (χ0v) is 21.6. The van der Waals surface area contributed by atoms with Gasteiger partial charge in [0.15, 0.2) is 0 Å². The summed E-state index contributed by atoms with van der Waals surface area (Å²) in [5.41, 5.74) is 1.14. The summed E-state index contributed by atoms with van der Waals surface area (Å²) < 4.78 is 46.7. The highest BCUT2D eigenvalue weighted by Crippen LogP contribution is 2.27. The second-order valence-corrected chi connectivity index (χ2v) is 11.5. The molecule has 0 saturated carbocycles. The zero-order chi connectivity index (χ0) is 24.6. The van der Waals surface area contributed by atoms with E-state index in [0.29, 0.717) is 59.5 Å². The van der Waals surface area contributed by atoms with Gasteiger partial charge in [-0.05, 0) is 55.2 Å². The van der Waals surface area contributed by atoms with Crippen molar-refractivity contribution in [3.63, 3.8) is 0 Å². The Morgan fingerprint density at radius 3 is 2.68 bits per heavy atom. The van der Waals surface area contributed by atoms with Crippen LogP contribution in [0.15, 0.2) is 41.3 Å². The van der Waals surface area contributed by atoms with Crippen LogP contribution in [0.25, 0.3) is 0 Å². The molecular formula is C24H30ClFN2O4S2. The summed E-state index contributed by atoms with van der Waals surface area (Å²) in [6, 6.07) is 9.43. The molecule has 1 amide bonds. The largest absolute Gasteiger partial charge is 0.496 e. The number of nitrogens with one attached hydrogen (secondary N) is 1. The van der Waals surface area contributed by atoms with Gasteiger partial charge in [-0.1, -0.05) is 24.1 Å². The van der Waals surface area contributed by atoms with Crippen molar-refractivity contribution in [3.05, 3.63) is 58.4 Å². The van der Waals surface area contributed by atoms with Gasteiger partial charge in [0.2, 0.25) is 15.9 Å². The molecule has 34 heavy (non-hydrogen) atoms. The average molecular weight is 529 g/mol. The van der Waals surface area contributed by atoms with E-state index in [-0.39, 0.29) is 23.0 Å². The van der Waals surface area contributed by atoms with Gasteiger partial charge in [-0.3, -0.25) is 4.79 Å². The lowest BCUT2D eigenvalue weighted by Gasteiger charge is -2.26. The van der Waals surface area contributed by atoms with Gasteiger partial charge in [0.05, 0.1) is 12.0 Å². The van der Waals surface area contributed by atoms with Crippen molar-refractivity contribution in [3.8, 4) is 5.75 Å². The van der Waals surface area contributed by atoms with Crippen LogP contribution in [0, 0.1) is 5.82 Å². The van der Waals surface area contributed by atoms with Gasteiger partial charge >= 0.3 is 0 Å². The molecule has 1 fully saturated rings. The summed E-state index contributed by atoms with van der Waals surface area (Å²) in [6.45, 7) is 1.51. The molecule has 1 aliphatic heterocycles. The zero-order valence-electron chi connectivity index (χ0n) is 19.2. The Hall–Kier alpha value is -1.81. The van der Waals surface area contributed by atoms with Gasteiger partial charge in [-0.2, -0.15) is 16.1 Å². The number of sulfonamides is 1. The van der Waals surface area contributed by atoms with E-state index in [2.05, 4.69) is 5.32 Å². The fourth-order valence-electron chi connectivity index (χ4n) is 3.81. The third-order valence-corrected chi connectivity index (χ3v) is 8.94. The van der Waals surface area contributed by atoms with E-state index in [9.17, 15) is 17.6 Å². The molecule has 186 valence electrons. The molecule has 0 atom stereocenters. The van der Waals surface area contributed by atoms with Crippen molar-refractivity contribution in [1.29, 1.82) is 0 Å². The minimum atomic E-state index is -3.56. The van der Waals surface area contributed by atoms with Crippen molar-refractivity contribution < 1.29 is 22.3 Å². The number of benzene rings is 2. The van der Waals surface area contributed by atoms with Gasteiger partial charge in [0.25, 0.3) is 0 Å². The molecular weight excluding hydrogens is 499 g/mol. The first-order chi connectivity index (χ1) is 16.3. The molecule has 0 aliphatic carbocycles. The lowest BCUT2D eigenvalue weighted by molar-refractivity contribution is -0.120. The molecule has 0 radical (unpaired) electrons. The van der Waals surface area contributed by atoms with E-state index in [1.807, 2.05) is 0 Å². The third kappa shape index (κ3) is 7.10. The highest BCUT2D eigenvalue weighted by Gasteiger charge is 2.26. The Morgan fingerprint density at radius 1 is 1.21 bits per heavy atom. The normalized spacial score (nSPS) is 14.7. The number of carbonyl (C=O) groups excluding carboxylic acids is 1. The number of rotatable bonds is 11. The number of aryl methyl sites for hydroxylation is 1. The number of methoxy groups -OCH3 is 1. The Labute approximate surface area is 210 Å². The minimum Gasteiger partial charge on any atom is -0.496 e. The summed E-state index contributed by atoms with van der Waals surface area (Å²) >= 11 is 7.51. The number of hydrogen-bond donors (Lipinski definition) is 1. The SMILES string of the molecule is COc1ccc(S(=O)(=O)N2CCCCC2)cc1CCC(=O)NCCSCc1c(F)cccc1Cl. The molecule has 0 bridgehead atoms. The van der Waals surface area contributed by atoms with E-state index in [1.165, 1.54) is 29.2 Å². The first-order valence-electron chi connectivity index (χ1n) is 11.3. The molecule has 3 rings (SSSR count). The van der Waals surface area contributed by atoms with E-state index in [1.54, 1.807) is 30.3 Å². The van der Waals surface area contributed by atoms with Gasteiger partial charge < -0.3 is 10.1 Å². The summed E-state index contributed by atoms with van der Waals surface area (Å²) in [7, 11) is -2.03. The molecule has 0 spiro atoms. The minimum absolute atomic E-state index is 0.143. The number of nitrogens with zero attached hydrogens (tertiary/aromatic N) is 1. The van der Waals surface area contributed by atoms with Crippen LogP contribution in [0.1, 0.15) is 36.8 Å². The maximum absolute atomic E-state index is 13.8. The van der Waals surface area contributed by atoms with Crippen molar-refractivity contribution in [2.75, 3.05) is 32.5 Å². The first-order valence-corrected chi connectivity index (χ1v) is 14.2. The molecule has 6 nitrogen and oxygen atoms in total. The van der Waals surface area contributed by atoms with Gasteiger partial charge in [0, 0.05) is 48.1 Å². The first kappa shape index (κ1) is 26.8. The van der Waals surface area contributed by atoms with E-state index in [0.717, 1.165) is 19.3 Å². The van der Waals surface area contributed by atoms with Gasteiger partial charge in [-0.15, -0.1) is 0 Å². The van der Waals surface area contributed by atoms with Crippen LogP contribution < -0.4 is 10.1 Å².